The summed E-state index contributed by atoms with van der Waals surface area (Å²) in [4.78, 5) is 25.5. The molecule has 0 saturated heterocycles. The van der Waals surface area contributed by atoms with E-state index < -0.39 is 0 Å². The highest BCUT2D eigenvalue weighted by molar-refractivity contribution is 8.04. The number of allylic oxidation sites excluding steroid dienone is 2. The number of fused-ring (bicyclic) bond motifs is 1. The van der Waals surface area contributed by atoms with Gasteiger partial charge in [0.25, 0.3) is 0 Å². The Morgan fingerprint density at radius 3 is 1.50 bits per heavy atom. The maximum absolute atomic E-state index is 12.7. The first kappa shape index (κ1) is 26.7. The third-order valence-corrected chi connectivity index (χ3v) is 7.54. The van der Waals surface area contributed by atoms with Gasteiger partial charge in [-0.1, -0.05) is 128 Å². The van der Waals surface area contributed by atoms with Crippen LogP contribution in [0.15, 0.2) is 34.9 Å². The van der Waals surface area contributed by atoms with Crippen LogP contribution in [0.2, 0.25) is 0 Å². The number of hydrogen-bond donors (Lipinski definition) is 1. The zero-order valence-corrected chi connectivity index (χ0v) is 20.9. The first-order chi connectivity index (χ1) is 15.7. The van der Waals surface area contributed by atoms with Gasteiger partial charge in [-0.3, -0.25) is 9.59 Å². The molecule has 0 aromatic heterocycles. The van der Waals surface area contributed by atoms with E-state index in [1.165, 1.54) is 108 Å². The van der Waals surface area contributed by atoms with Crippen LogP contribution in [0.3, 0.4) is 0 Å². The third kappa shape index (κ3) is 9.13. The molecule has 0 fully saturated rings. The van der Waals surface area contributed by atoms with Gasteiger partial charge in [0.15, 0.2) is 0 Å². The van der Waals surface area contributed by atoms with Crippen molar-refractivity contribution in [3.63, 3.8) is 0 Å². The fourth-order valence-corrected chi connectivity index (χ4v) is 5.38. The van der Waals surface area contributed by atoms with E-state index in [2.05, 4.69) is 6.92 Å². The number of rotatable bonds is 18. The Bertz CT molecular complexity index is 741. The molecule has 0 heterocycles. The summed E-state index contributed by atoms with van der Waals surface area (Å²) in [5.74, 6) is 0.532. The number of hydrogen-bond acceptors (Lipinski definition) is 4. The van der Waals surface area contributed by atoms with E-state index in [9.17, 15) is 9.59 Å². The molecular weight excluding hydrogens is 414 g/mol. The van der Waals surface area contributed by atoms with Crippen LogP contribution < -0.4 is 5.73 Å². The standard InChI is InChI=1S/C28H43NO2S/c1-2-3-4-5-6-7-8-9-10-11-12-13-14-15-16-19-22-32-28-25(29)26(30)23-20-17-18-21-24(23)27(28)31/h17-18,20-21H,2-16,19,22,29H2,1H3. The van der Waals surface area contributed by atoms with Crippen molar-refractivity contribution in [1.29, 1.82) is 0 Å². The van der Waals surface area contributed by atoms with Gasteiger partial charge in [0, 0.05) is 11.1 Å². The second-order valence-corrected chi connectivity index (χ2v) is 10.2. The molecular formula is C28H43NO2S. The molecule has 0 amide bonds. The molecule has 178 valence electrons. The Morgan fingerprint density at radius 2 is 1.03 bits per heavy atom. The van der Waals surface area contributed by atoms with E-state index in [0.717, 1.165) is 12.2 Å². The molecule has 1 aliphatic rings. The minimum Gasteiger partial charge on any atom is -0.395 e. The molecule has 1 aliphatic carbocycles. The zero-order chi connectivity index (χ0) is 23.0. The monoisotopic (exact) mass is 457 g/mol. The summed E-state index contributed by atoms with van der Waals surface area (Å²) in [6, 6.07) is 6.96. The van der Waals surface area contributed by atoms with Crippen LogP contribution in [0.4, 0.5) is 0 Å². The number of carbonyl (C=O) groups is 2. The second kappa shape index (κ2) is 16.1. The van der Waals surface area contributed by atoms with Crippen LogP contribution in [-0.2, 0) is 0 Å². The fourth-order valence-electron chi connectivity index (χ4n) is 4.34. The highest BCUT2D eigenvalue weighted by Gasteiger charge is 2.30. The number of nitrogens with two attached hydrogens (primary N) is 1. The van der Waals surface area contributed by atoms with E-state index in [1.807, 2.05) is 0 Å². The quantitative estimate of drug-likeness (QED) is 0.225. The highest BCUT2D eigenvalue weighted by atomic mass is 32.2. The van der Waals surface area contributed by atoms with Crippen molar-refractivity contribution in [2.24, 2.45) is 5.73 Å². The topological polar surface area (TPSA) is 60.2 Å². The van der Waals surface area contributed by atoms with Gasteiger partial charge in [0.1, 0.15) is 0 Å². The van der Waals surface area contributed by atoms with Crippen molar-refractivity contribution in [3.05, 3.63) is 46.0 Å². The summed E-state index contributed by atoms with van der Waals surface area (Å²) >= 11 is 1.45. The molecule has 1 aromatic rings. The van der Waals surface area contributed by atoms with Crippen molar-refractivity contribution < 1.29 is 9.59 Å². The highest BCUT2D eigenvalue weighted by Crippen LogP contribution is 2.31. The molecule has 0 unspecified atom stereocenters. The Balaban J connectivity index is 1.44. The number of thioether (sulfide) groups is 1. The van der Waals surface area contributed by atoms with E-state index >= 15 is 0 Å². The van der Waals surface area contributed by atoms with Gasteiger partial charge in [-0.25, -0.2) is 0 Å². The molecule has 0 spiro atoms. The first-order valence-electron chi connectivity index (χ1n) is 13.0. The van der Waals surface area contributed by atoms with E-state index in [4.69, 9.17) is 5.73 Å². The van der Waals surface area contributed by atoms with Crippen molar-refractivity contribution in [2.45, 2.75) is 110 Å². The van der Waals surface area contributed by atoms with Crippen LogP contribution in [0, 0.1) is 0 Å². The zero-order valence-electron chi connectivity index (χ0n) is 20.1. The third-order valence-electron chi connectivity index (χ3n) is 6.36. The summed E-state index contributed by atoms with van der Waals surface area (Å²) in [5.41, 5.74) is 7.03. The first-order valence-corrected chi connectivity index (χ1v) is 14.0. The molecule has 2 rings (SSSR count). The van der Waals surface area contributed by atoms with Gasteiger partial charge in [-0.15, -0.1) is 11.8 Å². The Kier molecular flexibility index (Phi) is 13.5. The van der Waals surface area contributed by atoms with E-state index in [0.29, 0.717) is 16.0 Å². The normalized spacial score (nSPS) is 13.7. The molecule has 0 bridgehead atoms. The van der Waals surface area contributed by atoms with Crippen molar-refractivity contribution >= 4 is 23.3 Å². The molecule has 1 aromatic carbocycles. The van der Waals surface area contributed by atoms with Crippen LogP contribution in [-0.4, -0.2) is 17.3 Å². The van der Waals surface area contributed by atoms with Crippen LogP contribution in [0.25, 0.3) is 0 Å². The van der Waals surface area contributed by atoms with Gasteiger partial charge in [-0.05, 0) is 12.2 Å². The average molecular weight is 458 g/mol. The summed E-state index contributed by atoms with van der Waals surface area (Å²) in [6.45, 7) is 2.28. The maximum atomic E-state index is 12.7. The Labute approximate surface area is 200 Å². The SMILES string of the molecule is CCCCCCCCCCCCCCCCCCSC1=C(N)C(=O)c2ccccc2C1=O. The van der Waals surface area contributed by atoms with Gasteiger partial charge in [0.05, 0.1) is 10.6 Å². The minimum absolute atomic E-state index is 0.0980. The minimum atomic E-state index is -0.213. The number of ketones is 2. The average Bonchev–Trinajstić information content (AvgIpc) is 2.81. The molecule has 4 heteroatoms. The smallest absolute Gasteiger partial charge is 0.210 e. The predicted octanol–water partition coefficient (Wildman–Crippen LogP) is 8.23. The second-order valence-electron chi connectivity index (χ2n) is 9.10. The summed E-state index contributed by atoms with van der Waals surface area (Å²) in [6.07, 6.45) is 21.6. The van der Waals surface area contributed by atoms with Gasteiger partial charge >= 0.3 is 0 Å². The van der Waals surface area contributed by atoms with Crippen LogP contribution in [0.5, 0.6) is 0 Å². The largest absolute Gasteiger partial charge is 0.395 e. The molecule has 3 nitrogen and oxygen atoms in total. The van der Waals surface area contributed by atoms with Crippen molar-refractivity contribution in [2.75, 3.05) is 5.75 Å². The van der Waals surface area contributed by atoms with Gasteiger partial charge < -0.3 is 5.73 Å². The van der Waals surface area contributed by atoms with Crippen molar-refractivity contribution in [1.82, 2.24) is 0 Å². The number of carbonyl (C=O) groups excluding carboxylic acids is 2. The summed E-state index contributed by atoms with van der Waals surface area (Å²) in [7, 11) is 0. The number of unbranched alkanes of at least 4 members (excludes halogenated alkanes) is 15. The lowest BCUT2D eigenvalue weighted by Gasteiger charge is -2.17. The van der Waals surface area contributed by atoms with Crippen LogP contribution in [0.1, 0.15) is 130 Å². The summed E-state index contributed by atoms with van der Waals surface area (Å²) < 4.78 is 0. The lowest BCUT2D eigenvalue weighted by atomic mass is 9.93. The molecule has 0 saturated carbocycles. The van der Waals surface area contributed by atoms with Crippen molar-refractivity contribution in [3.8, 4) is 0 Å². The maximum Gasteiger partial charge on any atom is 0.210 e. The van der Waals surface area contributed by atoms with Gasteiger partial charge in [0.2, 0.25) is 11.6 Å². The van der Waals surface area contributed by atoms with Crippen LogP contribution >= 0.6 is 11.8 Å². The van der Waals surface area contributed by atoms with Gasteiger partial charge in [-0.2, -0.15) is 0 Å². The predicted molar refractivity (Wildman–Crippen MR) is 138 cm³/mol. The molecule has 0 radical (unpaired) electrons. The Morgan fingerprint density at radius 1 is 0.625 bits per heavy atom. The molecule has 0 atom stereocenters. The fraction of sp³-hybridized carbons (Fsp3) is 0.643. The molecule has 32 heavy (non-hydrogen) atoms. The number of benzene rings is 1. The lowest BCUT2D eigenvalue weighted by molar-refractivity contribution is 0.0980. The van der Waals surface area contributed by atoms with E-state index in [-0.39, 0.29) is 17.3 Å². The summed E-state index contributed by atoms with van der Waals surface area (Å²) in [5, 5.41) is 0. The Hall–Kier alpha value is -1.55. The molecule has 2 N–H and O–H groups in total. The number of Topliss-reactive ketones (excluding diaryl/α,β-unsaturated/α-hetero) is 2. The van der Waals surface area contributed by atoms with E-state index in [1.54, 1.807) is 24.3 Å². The molecule has 0 aliphatic heterocycles. The lowest BCUT2D eigenvalue weighted by Crippen LogP contribution is -2.25.